The Morgan fingerprint density at radius 3 is 2.38 bits per heavy atom. The first-order chi connectivity index (χ1) is 10.1. The van der Waals surface area contributed by atoms with E-state index in [-0.39, 0.29) is 10.9 Å². The number of aromatic nitrogens is 2. The Labute approximate surface area is 127 Å². The molecule has 3 rings (SSSR count). The van der Waals surface area contributed by atoms with Crippen LogP contribution in [0.5, 0.6) is 0 Å². The van der Waals surface area contributed by atoms with Gasteiger partial charge in [0.1, 0.15) is 0 Å². The normalized spacial score (nSPS) is 16.4. The molecule has 0 aliphatic carbocycles. The molecule has 1 N–H and O–H groups in total. The Kier molecular flexibility index (Phi) is 3.79. The molecule has 110 valence electrons. The quantitative estimate of drug-likeness (QED) is 0.925. The van der Waals surface area contributed by atoms with E-state index in [0.717, 1.165) is 0 Å². The number of nitrogens with zero attached hydrogens (tertiary/aromatic N) is 3. The smallest absolute Gasteiger partial charge is 0.243 e. The van der Waals surface area contributed by atoms with E-state index >= 15 is 0 Å². The van der Waals surface area contributed by atoms with Crippen molar-refractivity contribution < 1.29 is 8.42 Å². The second-order valence-corrected chi connectivity index (χ2v) is 7.06. The molecule has 0 spiro atoms. The summed E-state index contributed by atoms with van der Waals surface area (Å²) in [6.45, 7) is 0.784. The summed E-state index contributed by atoms with van der Waals surface area (Å²) in [6, 6.07) is 7.92. The number of sulfonamides is 1. The van der Waals surface area contributed by atoms with Crippen molar-refractivity contribution in [1.29, 1.82) is 0 Å². The topological polar surface area (TPSA) is 75.2 Å². The van der Waals surface area contributed by atoms with E-state index in [2.05, 4.69) is 15.3 Å². The van der Waals surface area contributed by atoms with Crippen LogP contribution in [0.2, 0.25) is 5.02 Å². The molecule has 0 unspecified atom stereocenters. The monoisotopic (exact) mass is 324 g/mol. The standard InChI is InChI=1S/C13H13ClN4O2S/c14-10-2-4-12(5-3-10)21(19,20)18-8-11(9-18)17-13-15-6-1-7-16-13/h1-7,11H,8-9H2,(H,15,16,17). The Morgan fingerprint density at radius 1 is 1.14 bits per heavy atom. The van der Waals surface area contributed by atoms with Crippen LogP contribution in [0.15, 0.2) is 47.6 Å². The zero-order chi connectivity index (χ0) is 14.9. The van der Waals surface area contributed by atoms with Crippen LogP contribution in [0, 0.1) is 0 Å². The molecule has 21 heavy (non-hydrogen) atoms. The molecular formula is C13H13ClN4O2S. The molecule has 0 atom stereocenters. The van der Waals surface area contributed by atoms with E-state index in [1.54, 1.807) is 30.6 Å². The lowest BCUT2D eigenvalue weighted by Crippen LogP contribution is -2.56. The molecule has 0 radical (unpaired) electrons. The molecule has 6 nitrogen and oxygen atoms in total. The van der Waals surface area contributed by atoms with Gasteiger partial charge < -0.3 is 5.32 Å². The molecule has 0 amide bonds. The molecule has 1 fully saturated rings. The predicted octanol–water partition coefficient (Wildman–Crippen LogP) is 1.61. The second kappa shape index (κ2) is 5.59. The fraction of sp³-hybridized carbons (Fsp3) is 0.231. The minimum atomic E-state index is -3.45. The highest BCUT2D eigenvalue weighted by Gasteiger charge is 2.36. The average molecular weight is 325 g/mol. The Bertz CT molecular complexity index is 716. The fourth-order valence-corrected chi connectivity index (χ4v) is 3.69. The number of hydrogen-bond acceptors (Lipinski definition) is 5. The van der Waals surface area contributed by atoms with Crippen LogP contribution in [0.1, 0.15) is 0 Å². The van der Waals surface area contributed by atoms with E-state index < -0.39 is 10.0 Å². The first-order valence-corrected chi connectivity index (χ1v) is 8.17. The van der Waals surface area contributed by atoms with Crippen LogP contribution < -0.4 is 5.32 Å². The zero-order valence-corrected chi connectivity index (χ0v) is 12.5. The van der Waals surface area contributed by atoms with Crippen molar-refractivity contribution >= 4 is 27.6 Å². The summed E-state index contributed by atoms with van der Waals surface area (Å²) in [4.78, 5) is 8.35. The minimum absolute atomic E-state index is 0.0227. The minimum Gasteiger partial charge on any atom is -0.349 e. The van der Waals surface area contributed by atoms with Gasteiger partial charge in [-0.3, -0.25) is 0 Å². The first kappa shape index (κ1) is 14.2. The van der Waals surface area contributed by atoms with E-state index in [0.29, 0.717) is 24.1 Å². The molecular weight excluding hydrogens is 312 g/mol. The van der Waals surface area contributed by atoms with Crippen molar-refractivity contribution in [2.24, 2.45) is 0 Å². The van der Waals surface area contributed by atoms with Crippen LogP contribution in [0.4, 0.5) is 5.95 Å². The van der Waals surface area contributed by atoms with E-state index in [1.807, 2.05) is 0 Å². The number of anilines is 1. The maximum absolute atomic E-state index is 12.3. The summed E-state index contributed by atoms with van der Waals surface area (Å²) >= 11 is 5.77. The zero-order valence-electron chi connectivity index (χ0n) is 11.0. The molecule has 8 heteroatoms. The maximum Gasteiger partial charge on any atom is 0.243 e. The van der Waals surface area contributed by atoms with Crippen molar-refractivity contribution in [3.8, 4) is 0 Å². The highest BCUT2D eigenvalue weighted by atomic mass is 35.5. The number of halogens is 1. The van der Waals surface area contributed by atoms with Gasteiger partial charge in [-0.25, -0.2) is 18.4 Å². The van der Waals surface area contributed by atoms with Gasteiger partial charge in [0.05, 0.1) is 10.9 Å². The number of hydrogen-bond donors (Lipinski definition) is 1. The number of nitrogens with one attached hydrogen (secondary N) is 1. The van der Waals surface area contributed by atoms with Gasteiger partial charge in [-0.2, -0.15) is 4.31 Å². The summed E-state index contributed by atoms with van der Waals surface area (Å²) in [5.41, 5.74) is 0. The van der Waals surface area contributed by atoms with E-state index in [1.165, 1.54) is 16.4 Å². The molecule has 1 aliphatic heterocycles. The molecule has 2 aromatic rings. The Morgan fingerprint density at radius 2 is 1.76 bits per heavy atom. The third kappa shape index (κ3) is 2.99. The maximum atomic E-state index is 12.3. The van der Waals surface area contributed by atoms with Crippen molar-refractivity contribution in [2.45, 2.75) is 10.9 Å². The summed E-state index contributed by atoms with van der Waals surface area (Å²) in [6.07, 6.45) is 3.27. The van der Waals surface area contributed by atoms with Crippen LogP contribution in [-0.2, 0) is 10.0 Å². The molecule has 1 saturated heterocycles. The van der Waals surface area contributed by atoms with Gasteiger partial charge in [-0.15, -0.1) is 0 Å². The highest BCUT2D eigenvalue weighted by molar-refractivity contribution is 7.89. The lowest BCUT2D eigenvalue weighted by Gasteiger charge is -2.38. The van der Waals surface area contributed by atoms with Crippen LogP contribution in [0.25, 0.3) is 0 Å². The summed E-state index contributed by atoms with van der Waals surface area (Å²) < 4.78 is 26.1. The molecule has 1 aliphatic rings. The summed E-state index contributed by atoms with van der Waals surface area (Å²) in [7, 11) is -3.45. The lowest BCUT2D eigenvalue weighted by molar-refractivity contribution is 0.280. The van der Waals surface area contributed by atoms with Gasteiger partial charge in [0.25, 0.3) is 0 Å². The highest BCUT2D eigenvalue weighted by Crippen LogP contribution is 2.23. The fourth-order valence-electron chi connectivity index (χ4n) is 2.04. The van der Waals surface area contributed by atoms with Crippen molar-refractivity contribution in [2.75, 3.05) is 18.4 Å². The predicted molar refractivity (Wildman–Crippen MR) is 79.7 cm³/mol. The third-order valence-corrected chi connectivity index (χ3v) is 5.30. The molecule has 0 saturated carbocycles. The first-order valence-electron chi connectivity index (χ1n) is 6.35. The Hall–Kier alpha value is -1.70. The van der Waals surface area contributed by atoms with E-state index in [9.17, 15) is 8.42 Å². The van der Waals surface area contributed by atoms with Crippen LogP contribution >= 0.6 is 11.6 Å². The van der Waals surface area contributed by atoms with Crippen LogP contribution in [0.3, 0.4) is 0 Å². The SMILES string of the molecule is O=S(=O)(c1ccc(Cl)cc1)N1CC(Nc2ncccn2)C1. The van der Waals surface area contributed by atoms with Gasteiger partial charge in [-0.1, -0.05) is 11.6 Å². The van der Waals surface area contributed by atoms with Gasteiger partial charge in [0.2, 0.25) is 16.0 Å². The van der Waals surface area contributed by atoms with Gasteiger partial charge in [0, 0.05) is 30.5 Å². The summed E-state index contributed by atoms with van der Waals surface area (Å²) in [5.74, 6) is 0.506. The second-order valence-electron chi connectivity index (χ2n) is 4.69. The van der Waals surface area contributed by atoms with Gasteiger partial charge in [0.15, 0.2) is 0 Å². The van der Waals surface area contributed by atoms with Gasteiger partial charge in [-0.05, 0) is 30.3 Å². The van der Waals surface area contributed by atoms with Gasteiger partial charge >= 0.3 is 0 Å². The number of rotatable bonds is 4. The summed E-state index contributed by atoms with van der Waals surface area (Å²) in [5, 5.41) is 3.60. The van der Waals surface area contributed by atoms with Crippen LogP contribution in [-0.4, -0.2) is 41.8 Å². The van der Waals surface area contributed by atoms with E-state index in [4.69, 9.17) is 11.6 Å². The Balaban J connectivity index is 1.64. The van der Waals surface area contributed by atoms with Crippen molar-refractivity contribution in [1.82, 2.24) is 14.3 Å². The largest absolute Gasteiger partial charge is 0.349 e. The van der Waals surface area contributed by atoms with Crippen molar-refractivity contribution in [3.63, 3.8) is 0 Å². The molecule has 1 aromatic carbocycles. The number of benzene rings is 1. The molecule has 0 bridgehead atoms. The average Bonchev–Trinajstić information content (AvgIpc) is 2.44. The third-order valence-electron chi connectivity index (χ3n) is 3.20. The van der Waals surface area contributed by atoms with Crippen molar-refractivity contribution in [3.05, 3.63) is 47.7 Å². The molecule has 1 aromatic heterocycles. The molecule has 2 heterocycles. The lowest BCUT2D eigenvalue weighted by atomic mass is 10.2.